The van der Waals surface area contributed by atoms with Crippen LogP contribution in [0.5, 0.6) is 0 Å². The Bertz CT molecular complexity index is 355. The second kappa shape index (κ2) is 5.26. The summed E-state index contributed by atoms with van der Waals surface area (Å²) < 4.78 is 5.33. The molecule has 15 heavy (non-hydrogen) atoms. The lowest BCUT2D eigenvalue weighted by atomic mass is 9.89. The highest BCUT2D eigenvalue weighted by molar-refractivity contribution is 5.73. The minimum Gasteiger partial charge on any atom is -0.481 e. The number of ether oxygens (including phenoxy) is 1. The van der Waals surface area contributed by atoms with Gasteiger partial charge in [-0.15, -0.1) is 5.92 Å². The van der Waals surface area contributed by atoms with Crippen molar-refractivity contribution in [1.29, 1.82) is 0 Å². The van der Waals surface area contributed by atoms with Gasteiger partial charge in [-0.25, -0.2) is 0 Å². The van der Waals surface area contributed by atoms with Crippen LogP contribution >= 0.6 is 0 Å². The topological polar surface area (TPSA) is 46.5 Å². The molecule has 3 nitrogen and oxygen atoms in total. The smallest absolute Gasteiger partial charge is 0.310 e. The van der Waals surface area contributed by atoms with Gasteiger partial charge in [-0.1, -0.05) is 18.9 Å². The third-order valence-corrected chi connectivity index (χ3v) is 2.23. The number of hydrogen-bond acceptors (Lipinski definition) is 2. The normalized spacial score (nSPS) is 23.7. The maximum atomic E-state index is 10.8. The predicted molar refractivity (Wildman–Crippen MR) is 56.9 cm³/mol. The van der Waals surface area contributed by atoms with E-state index in [1.807, 2.05) is 13.0 Å². The van der Waals surface area contributed by atoms with Gasteiger partial charge in [0, 0.05) is 0 Å². The van der Waals surface area contributed by atoms with Gasteiger partial charge in [0.15, 0.2) is 0 Å². The highest BCUT2D eigenvalue weighted by atomic mass is 16.5. The summed E-state index contributed by atoms with van der Waals surface area (Å²) in [7, 11) is 0. The zero-order valence-electron chi connectivity index (χ0n) is 8.86. The van der Waals surface area contributed by atoms with Gasteiger partial charge in [-0.2, -0.15) is 0 Å². The largest absolute Gasteiger partial charge is 0.481 e. The third kappa shape index (κ3) is 3.17. The lowest BCUT2D eigenvalue weighted by Crippen LogP contribution is -2.20. The van der Waals surface area contributed by atoms with E-state index in [9.17, 15) is 4.79 Å². The molecule has 0 aliphatic heterocycles. The van der Waals surface area contributed by atoms with Crippen molar-refractivity contribution in [2.75, 3.05) is 6.61 Å². The van der Waals surface area contributed by atoms with E-state index in [2.05, 4.69) is 11.8 Å². The van der Waals surface area contributed by atoms with Crippen molar-refractivity contribution in [1.82, 2.24) is 0 Å². The van der Waals surface area contributed by atoms with Crippen LogP contribution in [0.25, 0.3) is 0 Å². The molecule has 0 aromatic carbocycles. The van der Waals surface area contributed by atoms with Crippen molar-refractivity contribution in [2.45, 2.75) is 13.8 Å². The second-order valence-corrected chi connectivity index (χ2v) is 3.37. The van der Waals surface area contributed by atoms with Crippen molar-refractivity contribution < 1.29 is 14.6 Å². The Kier molecular flexibility index (Phi) is 3.99. The molecule has 0 saturated heterocycles. The Morgan fingerprint density at radius 3 is 2.93 bits per heavy atom. The molecule has 1 aliphatic rings. The number of carboxylic acids is 1. The van der Waals surface area contributed by atoms with Crippen LogP contribution in [0.3, 0.4) is 0 Å². The molecule has 1 aliphatic carbocycles. The number of allylic oxidation sites excluding steroid dienone is 2. The van der Waals surface area contributed by atoms with Crippen LogP contribution in [-0.4, -0.2) is 17.7 Å². The Hall–Kier alpha value is -1.69. The van der Waals surface area contributed by atoms with Crippen LogP contribution in [0.2, 0.25) is 0 Å². The van der Waals surface area contributed by atoms with Gasteiger partial charge in [0.1, 0.15) is 12.4 Å². The summed E-state index contributed by atoms with van der Waals surface area (Å²) in [6, 6.07) is 0. The molecule has 0 radical (unpaired) electrons. The summed E-state index contributed by atoms with van der Waals surface area (Å²) >= 11 is 0. The molecule has 3 heteroatoms. The second-order valence-electron chi connectivity index (χ2n) is 3.37. The lowest BCUT2D eigenvalue weighted by molar-refractivity contribution is -0.141. The Balaban J connectivity index is 2.57. The molecular weight excluding hydrogens is 192 g/mol. The predicted octanol–water partition coefficient (Wildman–Crippen LogP) is 1.82. The summed E-state index contributed by atoms with van der Waals surface area (Å²) in [6.07, 6.45) is 5.16. The first kappa shape index (κ1) is 11.4. The standard InChI is InChI=1S/C12H14O3/c1-3-4-7-15-10-5-6-11(12(13)14)9(2)8-10/h5-6,8-9,11H,7H2,1-2H3,(H,13,14). The molecule has 0 bridgehead atoms. The first-order chi connectivity index (χ1) is 7.15. The molecule has 0 spiro atoms. The summed E-state index contributed by atoms with van der Waals surface area (Å²) in [6.45, 7) is 3.95. The number of hydrogen-bond donors (Lipinski definition) is 1. The molecule has 0 aromatic heterocycles. The highest BCUT2D eigenvalue weighted by Gasteiger charge is 2.23. The van der Waals surface area contributed by atoms with Crippen LogP contribution in [0.1, 0.15) is 13.8 Å². The van der Waals surface area contributed by atoms with Gasteiger partial charge in [-0.05, 0) is 25.0 Å². The average Bonchev–Trinajstić information content (AvgIpc) is 2.17. The van der Waals surface area contributed by atoms with E-state index in [4.69, 9.17) is 9.84 Å². The fourth-order valence-electron chi connectivity index (χ4n) is 1.39. The van der Waals surface area contributed by atoms with Crippen molar-refractivity contribution in [3.05, 3.63) is 24.0 Å². The zero-order valence-corrected chi connectivity index (χ0v) is 8.86. The summed E-state index contributed by atoms with van der Waals surface area (Å²) in [5, 5.41) is 8.87. The zero-order chi connectivity index (χ0) is 11.3. The Labute approximate surface area is 89.4 Å². The lowest BCUT2D eigenvalue weighted by Gasteiger charge is -2.18. The molecule has 1 N–H and O–H groups in total. The molecule has 0 fully saturated rings. The van der Waals surface area contributed by atoms with Crippen LogP contribution in [0.4, 0.5) is 0 Å². The molecule has 0 heterocycles. The van der Waals surface area contributed by atoms with E-state index >= 15 is 0 Å². The van der Waals surface area contributed by atoms with E-state index < -0.39 is 11.9 Å². The molecule has 2 atom stereocenters. The van der Waals surface area contributed by atoms with E-state index in [0.717, 1.165) is 0 Å². The maximum absolute atomic E-state index is 10.8. The van der Waals surface area contributed by atoms with Crippen molar-refractivity contribution >= 4 is 5.97 Å². The van der Waals surface area contributed by atoms with Gasteiger partial charge < -0.3 is 9.84 Å². The van der Waals surface area contributed by atoms with E-state index in [-0.39, 0.29) is 5.92 Å². The van der Waals surface area contributed by atoms with Crippen LogP contribution < -0.4 is 0 Å². The minimum absolute atomic E-state index is 0.0444. The van der Waals surface area contributed by atoms with Gasteiger partial charge in [0.2, 0.25) is 0 Å². The fourth-order valence-corrected chi connectivity index (χ4v) is 1.39. The number of carbonyl (C=O) groups is 1. The van der Waals surface area contributed by atoms with Crippen molar-refractivity contribution in [3.63, 3.8) is 0 Å². The minimum atomic E-state index is -0.803. The average molecular weight is 206 g/mol. The Morgan fingerprint density at radius 1 is 1.67 bits per heavy atom. The number of carboxylic acid groups (broad SMARTS) is 1. The number of aliphatic carboxylic acids is 1. The van der Waals surface area contributed by atoms with E-state index in [1.54, 1.807) is 19.1 Å². The van der Waals surface area contributed by atoms with Crippen LogP contribution in [0.15, 0.2) is 24.0 Å². The third-order valence-electron chi connectivity index (χ3n) is 2.23. The Morgan fingerprint density at radius 2 is 2.40 bits per heavy atom. The quantitative estimate of drug-likeness (QED) is 0.716. The molecule has 0 amide bonds. The molecule has 1 rings (SSSR count). The monoisotopic (exact) mass is 206 g/mol. The summed E-state index contributed by atoms with van der Waals surface area (Å²) in [5.74, 6) is 4.91. The SMILES string of the molecule is CC#CCOC1=CC(C)C(C(=O)O)C=C1. The molecule has 0 aromatic rings. The first-order valence-corrected chi connectivity index (χ1v) is 4.80. The molecule has 0 saturated carbocycles. The number of rotatable bonds is 3. The van der Waals surface area contributed by atoms with Gasteiger partial charge >= 0.3 is 5.97 Å². The summed E-state index contributed by atoms with van der Waals surface area (Å²) in [5.41, 5.74) is 0. The van der Waals surface area contributed by atoms with Gasteiger partial charge in [-0.3, -0.25) is 4.79 Å². The van der Waals surface area contributed by atoms with Crippen molar-refractivity contribution in [3.8, 4) is 11.8 Å². The van der Waals surface area contributed by atoms with Gasteiger partial charge in [0.25, 0.3) is 0 Å². The van der Waals surface area contributed by atoms with Crippen LogP contribution in [0, 0.1) is 23.7 Å². The van der Waals surface area contributed by atoms with Gasteiger partial charge in [0.05, 0.1) is 5.92 Å². The van der Waals surface area contributed by atoms with E-state index in [0.29, 0.717) is 12.4 Å². The van der Waals surface area contributed by atoms with Crippen molar-refractivity contribution in [2.24, 2.45) is 11.8 Å². The molecule has 80 valence electrons. The van der Waals surface area contributed by atoms with E-state index in [1.165, 1.54) is 0 Å². The molecule has 2 unspecified atom stereocenters. The highest BCUT2D eigenvalue weighted by Crippen LogP contribution is 2.23. The summed E-state index contributed by atoms with van der Waals surface area (Å²) in [4.78, 5) is 10.8. The first-order valence-electron chi connectivity index (χ1n) is 4.80. The molecular formula is C12H14O3. The maximum Gasteiger partial charge on any atom is 0.310 e. The van der Waals surface area contributed by atoms with Crippen LogP contribution in [-0.2, 0) is 9.53 Å². The fraction of sp³-hybridized carbons (Fsp3) is 0.417.